The summed E-state index contributed by atoms with van der Waals surface area (Å²) in [5.74, 6) is -1.30. The molecule has 0 unspecified atom stereocenters. The van der Waals surface area contributed by atoms with Gasteiger partial charge in [-0.25, -0.2) is 8.78 Å². The molecule has 0 fully saturated rings. The number of halogens is 3. The van der Waals surface area contributed by atoms with Crippen molar-refractivity contribution in [3.63, 3.8) is 0 Å². The molecule has 1 amide bonds. The van der Waals surface area contributed by atoms with Gasteiger partial charge < -0.3 is 10.7 Å². The Morgan fingerprint density at radius 2 is 1.87 bits per heavy atom. The van der Waals surface area contributed by atoms with E-state index in [0.29, 0.717) is 28.6 Å². The Labute approximate surface area is 136 Å². The van der Waals surface area contributed by atoms with E-state index < -0.39 is 11.7 Å². The molecule has 2 aromatic carbocycles. The number of H-pyrrole nitrogens is 1. The molecule has 0 saturated carbocycles. The van der Waals surface area contributed by atoms with Crippen molar-refractivity contribution in [1.82, 2.24) is 4.98 Å². The summed E-state index contributed by atoms with van der Waals surface area (Å²) in [6.45, 7) is 0. The number of hydrogen-bond acceptors (Lipinski definition) is 1. The number of carbonyl (C=O) groups is 1. The van der Waals surface area contributed by atoms with Gasteiger partial charge in [-0.3, -0.25) is 4.79 Å². The summed E-state index contributed by atoms with van der Waals surface area (Å²) in [5, 5.41) is 0.857. The highest BCUT2D eigenvalue weighted by atomic mass is 35.5. The SMILES string of the molecule is NC(=O)CCc1c(-c2ccc(F)cc2)[nH]c2c(F)cc(Cl)cc12. The Balaban J connectivity index is 2.22. The quantitative estimate of drug-likeness (QED) is 0.738. The third-order valence-electron chi connectivity index (χ3n) is 3.69. The summed E-state index contributed by atoms with van der Waals surface area (Å²) in [4.78, 5) is 14.1. The summed E-state index contributed by atoms with van der Waals surface area (Å²) in [6.07, 6.45) is 0.455. The van der Waals surface area contributed by atoms with Crippen molar-refractivity contribution < 1.29 is 13.6 Å². The zero-order valence-electron chi connectivity index (χ0n) is 12.0. The number of fused-ring (bicyclic) bond motifs is 1. The van der Waals surface area contributed by atoms with E-state index in [2.05, 4.69) is 4.98 Å². The summed E-state index contributed by atoms with van der Waals surface area (Å²) >= 11 is 5.94. The number of primary amides is 1. The number of aromatic nitrogens is 1. The molecule has 1 heterocycles. The minimum Gasteiger partial charge on any atom is -0.370 e. The van der Waals surface area contributed by atoms with Crippen LogP contribution in [0.1, 0.15) is 12.0 Å². The second-order valence-electron chi connectivity index (χ2n) is 5.26. The maximum absolute atomic E-state index is 14.2. The first kappa shape index (κ1) is 15.5. The van der Waals surface area contributed by atoms with Gasteiger partial charge in [0.25, 0.3) is 0 Å². The highest BCUT2D eigenvalue weighted by Gasteiger charge is 2.17. The smallest absolute Gasteiger partial charge is 0.217 e. The maximum atomic E-state index is 14.2. The van der Waals surface area contributed by atoms with Gasteiger partial charge in [0, 0.05) is 22.5 Å². The standard InChI is InChI=1S/C17H13ClF2N2O/c18-10-7-13-12(5-6-15(21)23)16(22-17(13)14(20)8-10)9-1-3-11(19)4-2-9/h1-4,7-8,22H,5-6H2,(H2,21,23). The topological polar surface area (TPSA) is 58.9 Å². The predicted molar refractivity (Wildman–Crippen MR) is 86.2 cm³/mol. The molecular formula is C17H13ClF2N2O. The van der Waals surface area contributed by atoms with Crippen LogP contribution in [0.3, 0.4) is 0 Å². The van der Waals surface area contributed by atoms with Gasteiger partial charge in [-0.05, 0) is 53.9 Å². The lowest BCUT2D eigenvalue weighted by Gasteiger charge is -2.04. The molecule has 0 aliphatic carbocycles. The van der Waals surface area contributed by atoms with Crippen LogP contribution in [0.25, 0.3) is 22.2 Å². The van der Waals surface area contributed by atoms with Gasteiger partial charge in [0.05, 0.1) is 5.52 Å². The molecule has 0 aliphatic heterocycles. The van der Waals surface area contributed by atoms with Crippen LogP contribution in [0, 0.1) is 11.6 Å². The van der Waals surface area contributed by atoms with Crippen LogP contribution in [0.5, 0.6) is 0 Å². The van der Waals surface area contributed by atoms with E-state index in [1.807, 2.05) is 0 Å². The Morgan fingerprint density at radius 1 is 1.17 bits per heavy atom. The lowest BCUT2D eigenvalue weighted by Crippen LogP contribution is -2.11. The molecule has 1 aromatic heterocycles. The zero-order valence-corrected chi connectivity index (χ0v) is 12.8. The number of nitrogens with two attached hydrogens (primary N) is 1. The largest absolute Gasteiger partial charge is 0.370 e. The van der Waals surface area contributed by atoms with Gasteiger partial charge in [0.15, 0.2) is 0 Å². The lowest BCUT2D eigenvalue weighted by atomic mass is 10.0. The summed E-state index contributed by atoms with van der Waals surface area (Å²) in [7, 11) is 0. The van der Waals surface area contributed by atoms with Crippen molar-refractivity contribution in [2.24, 2.45) is 5.73 Å². The number of amides is 1. The molecule has 3 aromatic rings. The van der Waals surface area contributed by atoms with Crippen molar-refractivity contribution >= 4 is 28.4 Å². The van der Waals surface area contributed by atoms with Gasteiger partial charge in [-0.2, -0.15) is 0 Å². The average molecular weight is 335 g/mol. The minimum atomic E-state index is -0.485. The van der Waals surface area contributed by atoms with Crippen molar-refractivity contribution in [3.05, 3.63) is 58.6 Å². The summed E-state index contributed by atoms with van der Waals surface area (Å²) < 4.78 is 27.3. The summed E-state index contributed by atoms with van der Waals surface area (Å²) in [6, 6.07) is 8.68. The molecule has 23 heavy (non-hydrogen) atoms. The molecule has 0 atom stereocenters. The van der Waals surface area contributed by atoms with Crippen LogP contribution in [-0.2, 0) is 11.2 Å². The fraction of sp³-hybridized carbons (Fsp3) is 0.118. The van der Waals surface area contributed by atoms with Gasteiger partial charge in [0.2, 0.25) is 5.91 Å². The maximum Gasteiger partial charge on any atom is 0.217 e. The number of nitrogens with one attached hydrogen (secondary N) is 1. The van der Waals surface area contributed by atoms with Gasteiger partial charge >= 0.3 is 0 Å². The van der Waals surface area contributed by atoms with Gasteiger partial charge in [-0.15, -0.1) is 0 Å². The Bertz CT molecular complexity index is 888. The molecule has 118 valence electrons. The van der Waals surface area contributed by atoms with E-state index in [0.717, 1.165) is 5.56 Å². The Hall–Kier alpha value is -2.40. The second kappa shape index (κ2) is 6.01. The van der Waals surface area contributed by atoms with E-state index in [4.69, 9.17) is 17.3 Å². The Kier molecular flexibility index (Phi) is 4.05. The number of carbonyl (C=O) groups excluding carboxylic acids is 1. The number of aryl methyl sites for hydroxylation is 1. The minimum absolute atomic E-state index is 0.120. The van der Waals surface area contributed by atoms with Crippen LogP contribution in [0.15, 0.2) is 36.4 Å². The zero-order chi connectivity index (χ0) is 16.6. The first-order valence-corrected chi connectivity index (χ1v) is 7.37. The first-order chi connectivity index (χ1) is 11.0. The fourth-order valence-electron chi connectivity index (χ4n) is 2.64. The molecule has 3 nitrogen and oxygen atoms in total. The number of hydrogen-bond donors (Lipinski definition) is 2. The molecule has 0 spiro atoms. The molecule has 3 rings (SSSR count). The molecule has 3 N–H and O–H groups in total. The van der Waals surface area contributed by atoms with Crippen molar-refractivity contribution in [1.29, 1.82) is 0 Å². The number of rotatable bonds is 4. The van der Waals surface area contributed by atoms with Gasteiger partial charge in [0.1, 0.15) is 11.6 Å². The van der Waals surface area contributed by atoms with Crippen molar-refractivity contribution in [2.75, 3.05) is 0 Å². The lowest BCUT2D eigenvalue weighted by molar-refractivity contribution is -0.117. The highest BCUT2D eigenvalue weighted by molar-refractivity contribution is 6.31. The van der Waals surface area contributed by atoms with Gasteiger partial charge in [-0.1, -0.05) is 11.6 Å². The highest BCUT2D eigenvalue weighted by Crippen LogP contribution is 2.34. The monoisotopic (exact) mass is 334 g/mol. The van der Waals surface area contributed by atoms with E-state index in [1.165, 1.54) is 18.2 Å². The number of benzene rings is 2. The second-order valence-corrected chi connectivity index (χ2v) is 5.70. The van der Waals surface area contributed by atoms with Crippen LogP contribution < -0.4 is 5.73 Å². The average Bonchev–Trinajstić information content (AvgIpc) is 2.84. The summed E-state index contributed by atoms with van der Waals surface area (Å²) in [5.41, 5.74) is 7.57. The molecule has 0 bridgehead atoms. The van der Waals surface area contributed by atoms with Crippen LogP contribution in [-0.4, -0.2) is 10.9 Å². The molecule has 0 aliphatic rings. The molecular weight excluding hydrogens is 322 g/mol. The van der Waals surface area contributed by atoms with Crippen molar-refractivity contribution in [3.8, 4) is 11.3 Å². The fourth-order valence-corrected chi connectivity index (χ4v) is 2.85. The normalized spacial score (nSPS) is 11.1. The first-order valence-electron chi connectivity index (χ1n) is 6.99. The van der Waals surface area contributed by atoms with Crippen LogP contribution >= 0.6 is 11.6 Å². The van der Waals surface area contributed by atoms with E-state index in [9.17, 15) is 13.6 Å². The molecule has 0 radical (unpaired) electrons. The van der Waals surface area contributed by atoms with E-state index >= 15 is 0 Å². The molecule has 0 saturated heterocycles. The number of aromatic amines is 1. The third kappa shape index (κ3) is 3.05. The van der Waals surface area contributed by atoms with Crippen LogP contribution in [0.4, 0.5) is 8.78 Å². The third-order valence-corrected chi connectivity index (χ3v) is 3.90. The predicted octanol–water partition coefficient (Wildman–Crippen LogP) is 4.18. The Morgan fingerprint density at radius 3 is 2.52 bits per heavy atom. The van der Waals surface area contributed by atoms with Crippen LogP contribution in [0.2, 0.25) is 5.02 Å². The van der Waals surface area contributed by atoms with E-state index in [-0.39, 0.29) is 17.3 Å². The van der Waals surface area contributed by atoms with E-state index in [1.54, 1.807) is 18.2 Å². The molecule has 6 heteroatoms. The van der Waals surface area contributed by atoms with Crippen molar-refractivity contribution in [2.45, 2.75) is 12.8 Å².